The fraction of sp³-hybridized carbons (Fsp3) is 0.600. The SMILES string of the molecule is CCCN(CC1CCCNC1)C(=O)c1c[nH]ccc1=O. The molecule has 1 atom stereocenters. The molecule has 1 aromatic heterocycles. The van der Waals surface area contributed by atoms with Gasteiger partial charge in [-0.25, -0.2) is 0 Å². The van der Waals surface area contributed by atoms with Crippen LogP contribution >= 0.6 is 0 Å². The lowest BCUT2D eigenvalue weighted by Gasteiger charge is -2.30. The summed E-state index contributed by atoms with van der Waals surface area (Å²) >= 11 is 0. The molecule has 5 nitrogen and oxygen atoms in total. The van der Waals surface area contributed by atoms with E-state index < -0.39 is 0 Å². The van der Waals surface area contributed by atoms with Crippen molar-refractivity contribution in [3.05, 3.63) is 34.2 Å². The van der Waals surface area contributed by atoms with Crippen LogP contribution in [0.25, 0.3) is 0 Å². The Kier molecular flexibility index (Phi) is 5.35. The second-order valence-electron chi connectivity index (χ2n) is 5.39. The van der Waals surface area contributed by atoms with Crippen molar-refractivity contribution >= 4 is 5.91 Å². The van der Waals surface area contributed by atoms with Gasteiger partial charge in [0.1, 0.15) is 5.56 Å². The van der Waals surface area contributed by atoms with Gasteiger partial charge < -0.3 is 15.2 Å². The van der Waals surface area contributed by atoms with E-state index in [4.69, 9.17) is 0 Å². The zero-order valence-corrected chi connectivity index (χ0v) is 12.0. The molecule has 1 unspecified atom stereocenters. The van der Waals surface area contributed by atoms with Gasteiger partial charge in [-0.3, -0.25) is 9.59 Å². The minimum Gasteiger partial charge on any atom is -0.367 e. The Bertz CT molecular complexity index is 492. The molecule has 0 spiro atoms. The number of pyridine rings is 1. The lowest BCUT2D eigenvalue weighted by molar-refractivity contribution is 0.0717. The van der Waals surface area contributed by atoms with Crippen LogP contribution < -0.4 is 10.7 Å². The van der Waals surface area contributed by atoms with Crippen molar-refractivity contribution in [1.82, 2.24) is 15.2 Å². The summed E-state index contributed by atoms with van der Waals surface area (Å²) in [5, 5.41) is 3.37. The van der Waals surface area contributed by atoms with Crippen LogP contribution in [0.4, 0.5) is 0 Å². The molecule has 1 aromatic rings. The molecule has 1 aliphatic rings. The summed E-state index contributed by atoms with van der Waals surface area (Å²) in [5.41, 5.74) is 0.0290. The van der Waals surface area contributed by atoms with Crippen molar-refractivity contribution in [3.63, 3.8) is 0 Å². The van der Waals surface area contributed by atoms with E-state index in [0.717, 1.165) is 38.9 Å². The first-order valence-electron chi connectivity index (χ1n) is 7.39. The lowest BCUT2D eigenvalue weighted by Crippen LogP contribution is -2.42. The van der Waals surface area contributed by atoms with Crippen molar-refractivity contribution in [2.75, 3.05) is 26.2 Å². The van der Waals surface area contributed by atoms with E-state index in [1.54, 1.807) is 6.20 Å². The molecule has 1 fully saturated rings. The molecule has 2 rings (SSSR count). The molecule has 0 bridgehead atoms. The third-order valence-electron chi connectivity index (χ3n) is 3.71. The quantitative estimate of drug-likeness (QED) is 0.850. The number of aromatic amines is 1. The first kappa shape index (κ1) is 14.8. The number of rotatable bonds is 5. The number of hydrogen-bond donors (Lipinski definition) is 2. The Labute approximate surface area is 119 Å². The van der Waals surface area contributed by atoms with E-state index in [0.29, 0.717) is 12.5 Å². The van der Waals surface area contributed by atoms with Crippen LogP contribution in [0.2, 0.25) is 0 Å². The van der Waals surface area contributed by atoms with Crippen LogP contribution in [-0.2, 0) is 0 Å². The summed E-state index contributed by atoms with van der Waals surface area (Å²) in [6, 6.07) is 1.40. The van der Waals surface area contributed by atoms with Crippen LogP contribution in [0.15, 0.2) is 23.3 Å². The van der Waals surface area contributed by atoms with Gasteiger partial charge in [0.15, 0.2) is 5.43 Å². The molecule has 2 N–H and O–H groups in total. The Morgan fingerprint density at radius 2 is 2.35 bits per heavy atom. The number of carbonyl (C=O) groups is 1. The van der Waals surface area contributed by atoms with Gasteiger partial charge in [0.05, 0.1) is 0 Å². The molecule has 0 aromatic carbocycles. The van der Waals surface area contributed by atoms with E-state index in [-0.39, 0.29) is 16.9 Å². The predicted octanol–water partition coefficient (Wildman–Crippen LogP) is 1.23. The number of carbonyl (C=O) groups excluding carboxylic acids is 1. The Morgan fingerprint density at radius 3 is 3.00 bits per heavy atom. The van der Waals surface area contributed by atoms with Gasteiger partial charge in [-0.15, -0.1) is 0 Å². The average Bonchev–Trinajstić information content (AvgIpc) is 2.48. The van der Waals surface area contributed by atoms with Crippen LogP contribution in [0.5, 0.6) is 0 Å². The van der Waals surface area contributed by atoms with E-state index in [9.17, 15) is 9.59 Å². The third kappa shape index (κ3) is 3.70. The molecule has 0 aliphatic carbocycles. The summed E-state index contributed by atoms with van der Waals surface area (Å²) in [6.45, 7) is 5.50. The van der Waals surface area contributed by atoms with E-state index in [1.807, 2.05) is 4.90 Å². The number of aromatic nitrogens is 1. The van der Waals surface area contributed by atoms with E-state index in [1.165, 1.54) is 12.3 Å². The van der Waals surface area contributed by atoms with Crippen molar-refractivity contribution in [2.45, 2.75) is 26.2 Å². The highest BCUT2D eigenvalue weighted by Crippen LogP contribution is 2.13. The van der Waals surface area contributed by atoms with Crippen molar-refractivity contribution < 1.29 is 4.79 Å². The Morgan fingerprint density at radius 1 is 1.50 bits per heavy atom. The molecule has 2 heterocycles. The average molecular weight is 277 g/mol. The molecule has 1 amide bonds. The maximum absolute atomic E-state index is 12.5. The summed E-state index contributed by atoms with van der Waals surface area (Å²) in [7, 11) is 0. The topological polar surface area (TPSA) is 65.2 Å². The fourth-order valence-electron chi connectivity index (χ4n) is 2.69. The second kappa shape index (κ2) is 7.24. The molecule has 0 radical (unpaired) electrons. The van der Waals surface area contributed by atoms with E-state index >= 15 is 0 Å². The smallest absolute Gasteiger partial charge is 0.259 e. The first-order valence-corrected chi connectivity index (χ1v) is 7.39. The lowest BCUT2D eigenvalue weighted by atomic mass is 9.98. The van der Waals surface area contributed by atoms with Crippen LogP contribution in [0, 0.1) is 5.92 Å². The highest BCUT2D eigenvalue weighted by molar-refractivity contribution is 5.93. The van der Waals surface area contributed by atoms with Gasteiger partial charge >= 0.3 is 0 Å². The number of nitrogens with zero attached hydrogens (tertiary/aromatic N) is 1. The molecule has 1 saturated heterocycles. The van der Waals surface area contributed by atoms with Gasteiger partial charge in [-0.2, -0.15) is 0 Å². The number of piperidine rings is 1. The fourth-order valence-corrected chi connectivity index (χ4v) is 2.69. The molecular formula is C15H23N3O2. The van der Waals surface area contributed by atoms with Crippen molar-refractivity contribution in [2.24, 2.45) is 5.92 Å². The number of amides is 1. The zero-order chi connectivity index (χ0) is 14.4. The maximum atomic E-state index is 12.5. The Balaban J connectivity index is 2.09. The van der Waals surface area contributed by atoms with Crippen molar-refractivity contribution in [1.29, 1.82) is 0 Å². The molecular weight excluding hydrogens is 254 g/mol. The molecule has 1 aliphatic heterocycles. The molecule has 20 heavy (non-hydrogen) atoms. The summed E-state index contributed by atoms with van der Waals surface area (Å²) < 4.78 is 0. The van der Waals surface area contributed by atoms with E-state index in [2.05, 4.69) is 17.2 Å². The zero-order valence-electron chi connectivity index (χ0n) is 12.0. The summed E-state index contributed by atoms with van der Waals surface area (Å²) in [6.07, 6.45) is 6.26. The second-order valence-corrected chi connectivity index (χ2v) is 5.39. The number of H-pyrrole nitrogens is 1. The summed E-state index contributed by atoms with van der Waals surface area (Å²) in [4.78, 5) is 28.9. The third-order valence-corrected chi connectivity index (χ3v) is 3.71. The number of hydrogen-bond acceptors (Lipinski definition) is 3. The van der Waals surface area contributed by atoms with Gasteiger partial charge in [0.25, 0.3) is 5.91 Å². The number of nitrogens with one attached hydrogen (secondary N) is 2. The van der Waals surface area contributed by atoms with Crippen LogP contribution in [0.1, 0.15) is 36.5 Å². The van der Waals surface area contributed by atoms with Gasteiger partial charge in [0.2, 0.25) is 0 Å². The predicted molar refractivity (Wildman–Crippen MR) is 78.9 cm³/mol. The van der Waals surface area contributed by atoms with Crippen LogP contribution in [0.3, 0.4) is 0 Å². The molecule has 5 heteroatoms. The Hall–Kier alpha value is -1.62. The normalized spacial score (nSPS) is 18.8. The standard InChI is InChI=1S/C15H23N3O2/c1-2-8-18(11-12-4-3-6-16-9-12)15(20)13-10-17-7-5-14(13)19/h5,7,10,12,16H,2-4,6,8-9,11H2,1H3,(H,17,19). The highest BCUT2D eigenvalue weighted by Gasteiger charge is 2.22. The van der Waals surface area contributed by atoms with Gasteiger partial charge in [0, 0.05) is 31.5 Å². The minimum absolute atomic E-state index is 0.153. The molecule has 0 saturated carbocycles. The van der Waals surface area contributed by atoms with Gasteiger partial charge in [-0.1, -0.05) is 6.92 Å². The largest absolute Gasteiger partial charge is 0.367 e. The summed E-state index contributed by atoms with van der Waals surface area (Å²) in [5.74, 6) is 0.335. The maximum Gasteiger partial charge on any atom is 0.259 e. The first-order chi connectivity index (χ1) is 9.72. The monoisotopic (exact) mass is 277 g/mol. The highest BCUT2D eigenvalue weighted by atomic mass is 16.2. The van der Waals surface area contributed by atoms with Gasteiger partial charge in [-0.05, 0) is 38.3 Å². The molecule has 110 valence electrons. The van der Waals surface area contributed by atoms with Crippen LogP contribution in [-0.4, -0.2) is 42.0 Å². The minimum atomic E-state index is -0.211. The van der Waals surface area contributed by atoms with Crippen molar-refractivity contribution in [3.8, 4) is 0 Å².